The summed E-state index contributed by atoms with van der Waals surface area (Å²) in [6.45, 7) is 1.18. The molecule has 1 amide bonds. The van der Waals surface area contributed by atoms with E-state index in [1.807, 2.05) is 0 Å². The van der Waals surface area contributed by atoms with Crippen molar-refractivity contribution in [3.05, 3.63) is 65.2 Å². The molecule has 33 heavy (non-hydrogen) atoms. The van der Waals surface area contributed by atoms with Crippen LogP contribution in [0.5, 0.6) is 5.75 Å². The number of thioether (sulfide) groups is 1. The Kier molecular flexibility index (Phi) is 6.87. The molecule has 0 radical (unpaired) electrons. The average molecular weight is 478 g/mol. The molecule has 7 nitrogen and oxygen atoms in total. The third kappa shape index (κ3) is 6.04. The standard InChI is InChI=1S/C22H22F3N5O2S/c1-29-20(26-27-28-29)33-19-10-12-30(13-11-19)21(31)32-18-8-4-16(5-9-18)14-15-2-6-17(7-3-15)22(23,24)25/h2-9,19H,10-14H2,1H3. The van der Waals surface area contributed by atoms with Gasteiger partial charge in [-0.3, -0.25) is 0 Å². The predicted octanol–water partition coefficient (Wildman–Crippen LogP) is 4.58. The van der Waals surface area contributed by atoms with E-state index in [2.05, 4.69) is 15.5 Å². The molecule has 174 valence electrons. The first-order valence-electron chi connectivity index (χ1n) is 10.4. The highest BCUT2D eigenvalue weighted by molar-refractivity contribution is 7.99. The molecule has 1 aliphatic heterocycles. The second kappa shape index (κ2) is 9.82. The van der Waals surface area contributed by atoms with Gasteiger partial charge in [0.05, 0.1) is 5.56 Å². The highest BCUT2D eigenvalue weighted by Gasteiger charge is 2.30. The number of nitrogens with zero attached hydrogens (tertiary/aromatic N) is 5. The van der Waals surface area contributed by atoms with Crippen molar-refractivity contribution in [2.45, 2.75) is 35.8 Å². The SMILES string of the molecule is Cn1nnnc1SC1CCN(C(=O)Oc2ccc(Cc3ccc(C(F)(F)F)cc3)cc2)CC1. The van der Waals surface area contributed by atoms with Crippen LogP contribution >= 0.6 is 11.8 Å². The van der Waals surface area contributed by atoms with E-state index in [4.69, 9.17) is 4.74 Å². The number of aromatic nitrogens is 4. The van der Waals surface area contributed by atoms with Crippen LogP contribution in [-0.4, -0.2) is 49.5 Å². The highest BCUT2D eigenvalue weighted by Crippen LogP contribution is 2.30. The van der Waals surface area contributed by atoms with Gasteiger partial charge in [0.1, 0.15) is 5.75 Å². The Bertz CT molecular complexity index is 1080. The molecule has 1 saturated heterocycles. The van der Waals surface area contributed by atoms with E-state index in [1.54, 1.807) is 52.7 Å². The van der Waals surface area contributed by atoms with E-state index < -0.39 is 17.8 Å². The summed E-state index contributed by atoms with van der Waals surface area (Å²) in [4.78, 5) is 14.2. The number of aryl methyl sites for hydroxylation is 1. The van der Waals surface area contributed by atoms with Gasteiger partial charge in [-0.1, -0.05) is 36.0 Å². The summed E-state index contributed by atoms with van der Waals surface area (Å²) < 4.78 is 45.2. The molecule has 11 heteroatoms. The lowest BCUT2D eigenvalue weighted by atomic mass is 10.0. The minimum absolute atomic E-state index is 0.336. The van der Waals surface area contributed by atoms with Gasteiger partial charge in [-0.2, -0.15) is 13.2 Å². The Morgan fingerprint density at radius 3 is 2.21 bits per heavy atom. The molecule has 2 heterocycles. The van der Waals surface area contributed by atoms with Crippen molar-refractivity contribution in [2.75, 3.05) is 13.1 Å². The smallest absolute Gasteiger partial charge is 0.410 e. The molecular weight excluding hydrogens is 455 g/mol. The Hall–Kier alpha value is -3.08. The van der Waals surface area contributed by atoms with Crippen molar-refractivity contribution in [3.63, 3.8) is 0 Å². The number of hydrogen-bond donors (Lipinski definition) is 0. The normalized spacial score (nSPS) is 15.0. The van der Waals surface area contributed by atoms with Crippen molar-refractivity contribution in [1.82, 2.24) is 25.1 Å². The lowest BCUT2D eigenvalue weighted by Crippen LogP contribution is -2.40. The fourth-order valence-electron chi connectivity index (χ4n) is 3.51. The lowest BCUT2D eigenvalue weighted by Gasteiger charge is -2.30. The van der Waals surface area contributed by atoms with Crippen molar-refractivity contribution >= 4 is 17.9 Å². The summed E-state index contributed by atoms with van der Waals surface area (Å²) in [5, 5.41) is 12.5. The van der Waals surface area contributed by atoms with E-state index in [9.17, 15) is 18.0 Å². The largest absolute Gasteiger partial charge is 0.416 e. The van der Waals surface area contributed by atoms with Gasteiger partial charge in [0, 0.05) is 25.4 Å². The van der Waals surface area contributed by atoms with Crippen molar-refractivity contribution in [2.24, 2.45) is 7.05 Å². The molecule has 3 aromatic rings. The zero-order valence-electron chi connectivity index (χ0n) is 17.8. The summed E-state index contributed by atoms with van der Waals surface area (Å²) >= 11 is 1.61. The molecule has 0 bridgehead atoms. The van der Waals surface area contributed by atoms with E-state index in [1.165, 1.54) is 12.1 Å². The summed E-state index contributed by atoms with van der Waals surface area (Å²) in [6.07, 6.45) is -2.61. The molecule has 1 fully saturated rings. The second-order valence-corrected chi connectivity index (χ2v) is 9.04. The van der Waals surface area contributed by atoms with Crippen LogP contribution in [0.25, 0.3) is 0 Å². The zero-order chi connectivity index (χ0) is 23.4. The van der Waals surface area contributed by atoms with Gasteiger partial charge in [0.25, 0.3) is 0 Å². The van der Waals surface area contributed by atoms with Crippen LogP contribution < -0.4 is 4.74 Å². The topological polar surface area (TPSA) is 73.1 Å². The van der Waals surface area contributed by atoms with Crippen LogP contribution in [0.4, 0.5) is 18.0 Å². The molecular formula is C22H22F3N5O2S. The summed E-state index contributed by atoms with van der Waals surface area (Å²) in [5.74, 6) is 0.429. The number of carbonyl (C=O) groups excluding carboxylic acids is 1. The molecule has 0 unspecified atom stereocenters. The summed E-state index contributed by atoms with van der Waals surface area (Å²) in [6, 6.07) is 12.1. The first-order valence-corrected chi connectivity index (χ1v) is 11.3. The number of piperidine rings is 1. The lowest BCUT2D eigenvalue weighted by molar-refractivity contribution is -0.137. The monoisotopic (exact) mass is 477 g/mol. The fourth-order valence-corrected chi connectivity index (χ4v) is 4.53. The second-order valence-electron chi connectivity index (χ2n) is 7.77. The van der Waals surface area contributed by atoms with Gasteiger partial charge in [-0.15, -0.1) is 5.10 Å². The molecule has 0 aliphatic carbocycles. The van der Waals surface area contributed by atoms with Crippen LogP contribution in [-0.2, 0) is 19.6 Å². The van der Waals surface area contributed by atoms with Gasteiger partial charge in [-0.05, 0) is 65.1 Å². The number of likely N-dealkylation sites (tertiary alicyclic amines) is 1. The maximum atomic E-state index is 12.7. The van der Waals surface area contributed by atoms with Gasteiger partial charge >= 0.3 is 12.3 Å². The maximum absolute atomic E-state index is 12.7. The van der Waals surface area contributed by atoms with Crippen molar-refractivity contribution in [1.29, 1.82) is 0 Å². The highest BCUT2D eigenvalue weighted by atomic mass is 32.2. The van der Waals surface area contributed by atoms with E-state index in [0.29, 0.717) is 30.5 Å². The quantitative estimate of drug-likeness (QED) is 0.536. The number of benzene rings is 2. The van der Waals surface area contributed by atoms with Crippen LogP contribution in [0.3, 0.4) is 0 Å². The Morgan fingerprint density at radius 2 is 1.67 bits per heavy atom. The predicted molar refractivity (Wildman–Crippen MR) is 116 cm³/mol. The molecule has 0 saturated carbocycles. The van der Waals surface area contributed by atoms with E-state index in [0.717, 1.165) is 41.3 Å². The fraction of sp³-hybridized carbons (Fsp3) is 0.364. The molecule has 4 rings (SSSR count). The van der Waals surface area contributed by atoms with Crippen molar-refractivity contribution in [3.8, 4) is 5.75 Å². The number of halogens is 3. The number of carbonyl (C=O) groups is 1. The number of hydrogen-bond acceptors (Lipinski definition) is 6. The van der Waals surface area contributed by atoms with Crippen LogP contribution in [0.1, 0.15) is 29.5 Å². The third-order valence-electron chi connectivity index (χ3n) is 5.37. The molecule has 1 aromatic heterocycles. The number of amides is 1. The summed E-state index contributed by atoms with van der Waals surface area (Å²) in [5.41, 5.74) is 1.01. The van der Waals surface area contributed by atoms with Crippen LogP contribution in [0.15, 0.2) is 53.7 Å². The van der Waals surface area contributed by atoms with E-state index in [-0.39, 0.29) is 0 Å². The zero-order valence-corrected chi connectivity index (χ0v) is 18.6. The van der Waals surface area contributed by atoms with Crippen molar-refractivity contribution < 1.29 is 22.7 Å². The average Bonchev–Trinajstić information content (AvgIpc) is 3.19. The third-order valence-corrected chi connectivity index (χ3v) is 6.73. The van der Waals surface area contributed by atoms with Gasteiger partial charge in [0.15, 0.2) is 0 Å². The minimum atomic E-state index is -4.34. The maximum Gasteiger partial charge on any atom is 0.416 e. The number of alkyl halides is 3. The molecule has 0 atom stereocenters. The van der Waals surface area contributed by atoms with Crippen LogP contribution in [0.2, 0.25) is 0 Å². The number of tetrazole rings is 1. The van der Waals surface area contributed by atoms with E-state index >= 15 is 0 Å². The Balaban J connectivity index is 1.26. The van der Waals surface area contributed by atoms with Crippen LogP contribution in [0, 0.1) is 0 Å². The summed E-state index contributed by atoms with van der Waals surface area (Å²) in [7, 11) is 1.80. The molecule has 2 aromatic carbocycles. The minimum Gasteiger partial charge on any atom is -0.410 e. The first-order chi connectivity index (χ1) is 15.8. The Morgan fingerprint density at radius 1 is 1.06 bits per heavy atom. The molecule has 1 aliphatic rings. The number of ether oxygens (including phenoxy) is 1. The van der Waals surface area contributed by atoms with Gasteiger partial charge in [0.2, 0.25) is 5.16 Å². The molecule has 0 N–H and O–H groups in total. The Labute approximate surface area is 192 Å². The molecule has 0 spiro atoms. The van der Waals surface area contributed by atoms with Gasteiger partial charge < -0.3 is 9.64 Å². The number of rotatable bonds is 5. The first kappa shape index (κ1) is 23.1. The van der Waals surface area contributed by atoms with Gasteiger partial charge in [-0.25, -0.2) is 9.48 Å².